The first kappa shape index (κ1) is 15.7. The van der Waals surface area contributed by atoms with Crippen LogP contribution < -0.4 is 4.74 Å². The first-order valence-electron chi connectivity index (χ1n) is 8.92. The van der Waals surface area contributed by atoms with Gasteiger partial charge in [-0.25, -0.2) is 0 Å². The SMILES string of the molecule is COc1ccc(C2c3ccccc3CC3CCN(C)CCN32)cc1. The highest BCUT2D eigenvalue weighted by Crippen LogP contribution is 2.39. The molecule has 1 fully saturated rings. The van der Waals surface area contributed by atoms with E-state index in [9.17, 15) is 0 Å². The van der Waals surface area contributed by atoms with Crippen LogP contribution in [0.25, 0.3) is 0 Å². The first-order chi connectivity index (χ1) is 11.8. The average molecular weight is 322 g/mol. The highest BCUT2D eigenvalue weighted by atomic mass is 16.5. The van der Waals surface area contributed by atoms with Crippen molar-refractivity contribution in [2.24, 2.45) is 0 Å². The lowest BCUT2D eigenvalue weighted by atomic mass is 9.84. The molecule has 0 N–H and O–H groups in total. The second-order valence-electron chi connectivity index (χ2n) is 7.06. The van der Waals surface area contributed by atoms with Gasteiger partial charge in [-0.3, -0.25) is 4.90 Å². The lowest BCUT2D eigenvalue weighted by Crippen LogP contribution is -2.44. The third-order valence-corrected chi connectivity index (χ3v) is 5.62. The van der Waals surface area contributed by atoms with Crippen molar-refractivity contribution < 1.29 is 4.74 Å². The van der Waals surface area contributed by atoms with E-state index in [0.29, 0.717) is 12.1 Å². The number of nitrogens with zero attached hydrogens (tertiary/aromatic N) is 2. The summed E-state index contributed by atoms with van der Waals surface area (Å²) in [7, 11) is 3.97. The standard InChI is InChI=1S/C21H26N2O/c1-22-12-11-18-15-17-5-3-4-6-20(17)21(23(18)14-13-22)16-7-9-19(24-2)10-8-16/h3-10,18,21H,11-15H2,1-2H3. The first-order valence-corrected chi connectivity index (χ1v) is 8.92. The van der Waals surface area contributed by atoms with Crippen LogP contribution in [-0.2, 0) is 6.42 Å². The van der Waals surface area contributed by atoms with Crippen LogP contribution in [0.3, 0.4) is 0 Å². The van der Waals surface area contributed by atoms with Crippen LogP contribution in [0.1, 0.15) is 29.2 Å². The van der Waals surface area contributed by atoms with E-state index in [0.717, 1.165) is 18.8 Å². The Balaban J connectivity index is 1.77. The molecule has 0 radical (unpaired) electrons. The minimum absolute atomic E-state index is 0.359. The lowest BCUT2D eigenvalue weighted by molar-refractivity contribution is 0.146. The number of hydrogen-bond donors (Lipinski definition) is 0. The molecule has 2 aliphatic rings. The fraction of sp³-hybridized carbons (Fsp3) is 0.429. The van der Waals surface area contributed by atoms with Crippen molar-refractivity contribution in [3.63, 3.8) is 0 Å². The Morgan fingerprint density at radius 2 is 1.75 bits per heavy atom. The van der Waals surface area contributed by atoms with Crippen molar-refractivity contribution in [1.82, 2.24) is 9.80 Å². The molecule has 2 aromatic rings. The van der Waals surface area contributed by atoms with Crippen molar-refractivity contribution in [3.8, 4) is 5.75 Å². The molecule has 24 heavy (non-hydrogen) atoms. The summed E-state index contributed by atoms with van der Waals surface area (Å²) in [6.07, 6.45) is 2.42. The van der Waals surface area contributed by atoms with Crippen LogP contribution >= 0.6 is 0 Å². The molecule has 0 aromatic heterocycles. The molecule has 1 saturated heterocycles. The monoisotopic (exact) mass is 322 g/mol. The van der Waals surface area contributed by atoms with Gasteiger partial charge in [0, 0.05) is 19.1 Å². The van der Waals surface area contributed by atoms with Crippen LogP contribution in [0.15, 0.2) is 48.5 Å². The summed E-state index contributed by atoms with van der Waals surface area (Å²) in [4.78, 5) is 5.20. The molecule has 0 amide bonds. The molecule has 0 saturated carbocycles. The minimum atomic E-state index is 0.359. The molecule has 2 heterocycles. The minimum Gasteiger partial charge on any atom is -0.497 e. The van der Waals surface area contributed by atoms with Gasteiger partial charge in [-0.1, -0.05) is 36.4 Å². The van der Waals surface area contributed by atoms with Gasteiger partial charge in [0.1, 0.15) is 5.75 Å². The van der Waals surface area contributed by atoms with E-state index in [1.807, 2.05) is 0 Å². The summed E-state index contributed by atoms with van der Waals surface area (Å²) < 4.78 is 5.35. The maximum Gasteiger partial charge on any atom is 0.118 e. The molecule has 2 aromatic carbocycles. The molecule has 2 atom stereocenters. The zero-order chi connectivity index (χ0) is 16.5. The smallest absolute Gasteiger partial charge is 0.118 e. The Morgan fingerprint density at radius 1 is 0.958 bits per heavy atom. The summed E-state index contributed by atoms with van der Waals surface area (Å²) in [6, 6.07) is 18.6. The quantitative estimate of drug-likeness (QED) is 0.843. The van der Waals surface area contributed by atoms with E-state index in [1.165, 1.54) is 36.1 Å². The van der Waals surface area contributed by atoms with Gasteiger partial charge in [0.05, 0.1) is 13.2 Å². The van der Waals surface area contributed by atoms with Gasteiger partial charge in [-0.15, -0.1) is 0 Å². The van der Waals surface area contributed by atoms with E-state index < -0.39 is 0 Å². The fourth-order valence-electron chi connectivity index (χ4n) is 4.25. The van der Waals surface area contributed by atoms with Gasteiger partial charge in [0.25, 0.3) is 0 Å². The Kier molecular flexibility index (Phi) is 4.30. The molecule has 126 valence electrons. The van der Waals surface area contributed by atoms with Crippen LogP contribution in [0.5, 0.6) is 5.75 Å². The molecule has 2 aliphatic heterocycles. The molecule has 0 spiro atoms. The molecular weight excluding hydrogens is 296 g/mol. The maximum atomic E-state index is 5.35. The van der Waals surface area contributed by atoms with Crippen molar-refractivity contribution >= 4 is 0 Å². The second-order valence-corrected chi connectivity index (χ2v) is 7.06. The number of benzene rings is 2. The van der Waals surface area contributed by atoms with E-state index in [2.05, 4.69) is 65.4 Å². The van der Waals surface area contributed by atoms with E-state index in [-0.39, 0.29) is 0 Å². The number of ether oxygens (including phenoxy) is 1. The van der Waals surface area contributed by atoms with Crippen molar-refractivity contribution in [2.45, 2.75) is 24.9 Å². The molecule has 3 nitrogen and oxygen atoms in total. The number of likely N-dealkylation sites (N-methyl/N-ethyl adjacent to an activating group) is 1. The summed E-state index contributed by atoms with van der Waals surface area (Å²) in [5.74, 6) is 0.926. The fourth-order valence-corrected chi connectivity index (χ4v) is 4.25. The van der Waals surface area contributed by atoms with Gasteiger partial charge in [0.15, 0.2) is 0 Å². The predicted octanol–water partition coefficient (Wildman–Crippen LogP) is 3.35. The third kappa shape index (κ3) is 2.83. The van der Waals surface area contributed by atoms with Crippen molar-refractivity contribution in [2.75, 3.05) is 33.8 Å². The van der Waals surface area contributed by atoms with Gasteiger partial charge < -0.3 is 9.64 Å². The third-order valence-electron chi connectivity index (χ3n) is 5.62. The Bertz CT molecular complexity index is 697. The Hall–Kier alpha value is -1.84. The number of hydrogen-bond acceptors (Lipinski definition) is 3. The zero-order valence-corrected chi connectivity index (χ0v) is 14.6. The average Bonchev–Trinajstić information content (AvgIpc) is 2.82. The zero-order valence-electron chi connectivity index (χ0n) is 14.6. The van der Waals surface area contributed by atoms with E-state index in [1.54, 1.807) is 7.11 Å². The van der Waals surface area contributed by atoms with Crippen LogP contribution in [-0.4, -0.2) is 49.6 Å². The molecule has 4 rings (SSSR count). The van der Waals surface area contributed by atoms with Gasteiger partial charge in [-0.2, -0.15) is 0 Å². The summed E-state index contributed by atoms with van der Waals surface area (Å²) in [6.45, 7) is 3.47. The highest BCUT2D eigenvalue weighted by Gasteiger charge is 2.36. The second kappa shape index (κ2) is 6.58. The molecular formula is C21H26N2O. The predicted molar refractivity (Wildman–Crippen MR) is 97.6 cm³/mol. The summed E-state index contributed by atoms with van der Waals surface area (Å²) >= 11 is 0. The molecule has 3 heteroatoms. The topological polar surface area (TPSA) is 15.7 Å². The number of fused-ring (bicyclic) bond motifs is 2. The maximum absolute atomic E-state index is 5.35. The van der Waals surface area contributed by atoms with Crippen LogP contribution in [0, 0.1) is 0 Å². The van der Waals surface area contributed by atoms with Gasteiger partial charge in [-0.05, 0) is 55.3 Å². The lowest BCUT2D eigenvalue weighted by Gasteiger charge is -2.42. The Labute approximate surface area is 144 Å². The van der Waals surface area contributed by atoms with Crippen LogP contribution in [0.2, 0.25) is 0 Å². The van der Waals surface area contributed by atoms with E-state index in [4.69, 9.17) is 4.74 Å². The van der Waals surface area contributed by atoms with Gasteiger partial charge in [0.2, 0.25) is 0 Å². The molecule has 0 bridgehead atoms. The largest absolute Gasteiger partial charge is 0.497 e. The highest BCUT2D eigenvalue weighted by molar-refractivity contribution is 5.42. The van der Waals surface area contributed by atoms with Gasteiger partial charge >= 0.3 is 0 Å². The number of methoxy groups -OCH3 is 1. The molecule has 0 aliphatic carbocycles. The van der Waals surface area contributed by atoms with Crippen molar-refractivity contribution in [1.29, 1.82) is 0 Å². The summed E-state index contributed by atoms with van der Waals surface area (Å²) in [5, 5.41) is 0. The number of rotatable bonds is 2. The Morgan fingerprint density at radius 3 is 2.54 bits per heavy atom. The van der Waals surface area contributed by atoms with Crippen molar-refractivity contribution in [3.05, 3.63) is 65.2 Å². The summed E-state index contributed by atoms with van der Waals surface area (Å²) in [5.41, 5.74) is 4.37. The van der Waals surface area contributed by atoms with E-state index >= 15 is 0 Å². The normalized spacial score (nSPS) is 24.8. The molecule has 2 unspecified atom stereocenters. The van der Waals surface area contributed by atoms with Crippen LogP contribution in [0.4, 0.5) is 0 Å².